The van der Waals surface area contributed by atoms with Crippen LogP contribution in [0.1, 0.15) is 40.9 Å². The molecule has 0 saturated heterocycles. The van der Waals surface area contributed by atoms with Crippen LogP contribution in [0.15, 0.2) is 79.1 Å². The SMILES string of the molecule is CCC(=O)c1ccc(OCC(=O)N[C@@H](c2ccccc2)c2ccncc2)cc1. The minimum atomic E-state index is -0.287. The maximum Gasteiger partial charge on any atom is 0.258 e. The number of Topliss-reactive ketones (excluding diaryl/α,β-unsaturated/α-hetero) is 1. The number of rotatable bonds is 8. The second kappa shape index (κ2) is 9.46. The van der Waals surface area contributed by atoms with E-state index in [4.69, 9.17) is 4.74 Å². The van der Waals surface area contributed by atoms with E-state index in [1.54, 1.807) is 36.7 Å². The van der Waals surface area contributed by atoms with Crippen LogP contribution in [0.25, 0.3) is 0 Å². The lowest BCUT2D eigenvalue weighted by Gasteiger charge is -2.20. The van der Waals surface area contributed by atoms with Gasteiger partial charge >= 0.3 is 0 Å². The van der Waals surface area contributed by atoms with Crippen LogP contribution >= 0.6 is 0 Å². The van der Waals surface area contributed by atoms with Crippen molar-refractivity contribution in [3.8, 4) is 5.75 Å². The molecule has 28 heavy (non-hydrogen) atoms. The third-order valence-corrected chi connectivity index (χ3v) is 4.35. The van der Waals surface area contributed by atoms with Crippen LogP contribution in [0.4, 0.5) is 0 Å². The van der Waals surface area contributed by atoms with E-state index in [0.717, 1.165) is 11.1 Å². The molecule has 5 nitrogen and oxygen atoms in total. The Kier molecular flexibility index (Phi) is 6.52. The first-order chi connectivity index (χ1) is 13.7. The Morgan fingerprint density at radius 3 is 2.21 bits per heavy atom. The topological polar surface area (TPSA) is 68.3 Å². The van der Waals surface area contributed by atoms with Gasteiger partial charge in [-0.3, -0.25) is 14.6 Å². The molecule has 142 valence electrons. The smallest absolute Gasteiger partial charge is 0.258 e. The summed E-state index contributed by atoms with van der Waals surface area (Å²) in [5.41, 5.74) is 2.56. The highest BCUT2D eigenvalue weighted by Crippen LogP contribution is 2.21. The number of hydrogen-bond acceptors (Lipinski definition) is 4. The second-order valence-corrected chi connectivity index (χ2v) is 6.28. The van der Waals surface area contributed by atoms with E-state index in [1.165, 1.54) is 0 Å². The van der Waals surface area contributed by atoms with E-state index < -0.39 is 0 Å². The van der Waals surface area contributed by atoms with Gasteiger partial charge in [0.05, 0.1) is 6.04 Å². The average Bonchev–Trinajstić information content (AvgIpc) is 2.77. The minimum absolute atomic E-state index is 0.0762. The van der Waals surface area contributed by atoms with Gasteiger partial charge in [-0.2, -0.15) is 0 Å². The molecule has 0 unspecified atom stereocenters. The average molecular weight is 374 g/mol. The van der Waals surface area contributed by atoms with Crippen molar-refractivity contribution in [1.29, 1.82) is 0 Å². The minimum Gasteiger partial charge on any atom is -0.484 e. The molecule has 3 aromatic rings. The highest BCUT2D eigenvalue weighted by molar-refractivity contribution is 5.95. The van der Waals surface area contributed by atoms with Gasteiger partial charge in [-0.15, -0.1) is 0 Å². The van der Waals surface area contributed by atoms with E-state index >= 15 is 0 Å². The molecule has 3 rings (SSSR count). The third kappa shape index (κ3) is 5.04. The summed E-state index contributed by atoms with van der Waals surface area (Å²) < 4.78 is 5.57. The zero-order valence-electron chi connectivity index (χ0n) is 15.7. The Morgan fingerprint density at radius 2 is 1.57 bits per heavy atom. The first-order valence-electron chi connectivity index (χ1n) is 9.17. The molecule has 0 fully saturated rings. The predicted molar refractivity (Wildman–Crippen MR) is 107 cm³/mol. The molecule has 0 bridgehead atoms. The number of carbonyl (C=O) groups is 2. The fourth-order valence-electron chi connectivity index (χ4n) is 2.85. The van der Waals surface area contributed by atoms with Crippen molar-refractivity contribution in [1.82, 2.24) is 10.3 Å². The van der Waals surface area contributed by atoms with Crippen molar-refractivity contribution in [3.05, 3.63) is 95.8 Å². The summed E-state index contributed by atoms with van der Waals surface area (Å²) in [6.45, 7) is 1.71. The van der Waals surface area contributed by atoms with Gasteiger partial charge in [-0.05, 0) is 47.5 Å². The summed E-state index contributed by atoms with van der Waals surface area (Å²) in [6, 6.07) is 20.0. The number of benzene rings is 2. The van der Waals surface area contributed by atoms with Gasteiger partial charge in [-0.1, -0.05) is 37.3 Å². The van der Waals surface area contributed by atoms with Crippen LogP contribution in [-0.4, -0.2) is 23.3 Å². The lowest BCUT2D eigenvalue weighted by atomic mass is 10.00. The zero-order chi connectivity index (χ0) is 19.8. The molecular formula is C23H22N2O3. The fourth-order valence-corrected chi connectivity index (χ4v) is 2.85. The standard InChI is InChI=1S/C23H22N2O3/c1-2-21(26)17-8-10-20(11-9-17)28-16-22(27)25-23(18-6-4-3-5-7-18)19-12-14-24-15-13-19/h3-15,23H,2,16H2,1H3,(H,25,27)/t23-/m0/s1. The summed E-state index contributed by atoms with van der Waals surface area (Å²) in [5.74, 6) is 0.384. The molecule has 0 spiro atoms. The molecule has 5 heteroatoms. The van der Waals surface area contributed by atoms with Crippen molar-refractivity contribution < 1.29 is 14.3 Å². The number of aromatic nitrogens is 1. The van der Waals surface area contributed by atoms with Crippen LogP contribution in [0.5, 0.6) is 5.75 Å². The van der Waals surface area contributed by atoms with Crippen molar-refractivity contribution in [2.24, 2.45) is 0 Å². The zero-order valence-corrected chi connectivity index (χ0v) is 15.7. The molecule has 1 amide bonds. The molecule has 0 aliphatic rings. The lowest BCUT2D eigenvalue weighted by Crippen LogP contribution is -2.33. The summed E-state index contributed by atoms with van der Waals surface area (Å²) in [7, 11) is 0. The van der Waals surface area contributed by atoms with Gasteiger partial charge in [0, 0.05) is 24.4 Å². The predicted octanol–water partition coefficient (Wildman–Crippen LogP) is 3.96. The number of nitrogens with zero attached hydrogens (tertiary/aromatic N) is 1. The number of hydrogen-bond donors (Lipinski definition) is 1. The van der Waals surface area contributed by atoms with Crippen molar-refractivity contribution in [2.45, 2.75) is 19.4 Å². The van der Waals surface area contributed by atoms with Crippen molar-refractivity contribution >= 4 is 11.7 Å². The molecule has 0 aliphatic heterocycles. The monoisotopic (exact) mass is 374 g/mol. The molecule has 2 aromatic carbocycles. The first-order valence-corrected chi connectivity index (χ1v) is 9.17. The Labute approximate surface area is 164 Å². The van der Waals surface area contributed by atoms with E-state index in [0.29, 0.717) is 17.7 Å². The van der Waals surface area contributed by atoms with Gasteiger partial charge < -0.3 is 10.1 Å². The normalized spacial score (nSPS) is 11.5. The first kappa shape index (κ1) is 19.3. The summed E-state index contributed by atoms with van der Waals surface area (Å²) in [5, 5.41) is 3.01. The summed E-state index contributed by atoms with van der Waals surface area (Å²) in [6.07, 6.45) is 3.86. The molecule has 0 saturated carbocycles. The Balaban J connectivity index is 1.65. The van der Waals surface area contributed by atoms with Crippen molar-refractivity contribution in [3.63, 3.8) is 0 Å². The molecule has 1 aromatic heterocycles. The number of nitrogens with one attached hydrogen (secondary N) is 1. The lowest BCUT2D eigenvalue weighted by molar-refractivity contribution is -0.123. The van der Waals surface area contributed by atoms with Gasteiger partial charge in [0.25, 0.3) is 5.91 Å². The third-order valence-electron chi connectivity index (χ3n) is 4.35. The maximum absolute atomic E-state index is 12.5. The summed E-state index contributed by atoms with van der Waals surface area (Å²) in [4.78, 5) is 28.2. The molecule has 0 radical (unpaired) electrons. The number of pyridine rings is 1. The Morgan fingerprint density at radius 1 is 0.929 bits per heavy atom. The number of ketones is 1. The largest absolute Gasteiger partial charge is 0.484 e. The molecular weight excluding hydrogens is 352 g/mol. The maximum atomic E-state index is 12.5. The van der Waals surface area contributed by atoms with Crippen LogP contribution < -0.4 is 10.1 Å². The number of carbonyl (C=O) groups excluding carboxylic acids is 2. The van der Waals surface area contributed by atoms with E-state index in [-0.39, 0.29) is 24.3 Å². The van der Waals surface area contributed by atoms with Gasteiger partial charge in [0.15, 0.2) is 12.4 Å². The molecule has 1 atom stereocenters. The van der Waals surface area contributed by atoms with Crippen LogP contribution in [0.2, 0.25) is 0 Å². The van der Waals surface area contributed by atoms with Crippen LogP contribution in [0.3, 0.4) is 0 Å². The second-order valence-electron chi connectivity index (χ2n) is 6.28. The van der Waals surface area contributed by atoms with Crippen LogP contribution in [0, 0.1) is 0 Å². The van der Waals surface area contributed by atoms with E-state index in [2.05, 4.69) is 10.3 Å². The highest BCUT2D eigenvalue weighted by atomic mass is 16.5. The molecule has 0 aliphatic carbocycles. The fraction of sp³-hybridized carbons (Fsp3) is 0.174. The summed E-state index contributed by atoms with van der Waals surface area (Å²) >= 11 is 0. The number of amides is 1. The Bertz CT molecular complexity index is 870. The van der Waals surface area contributed by atoms with Gasteiger partial charge in [0.1, 0.15) is 5.75 Å². The molecule has 1 N–H and O–H groups in total. The highest BCUT2D eigenvalue weighted by Gasteiger charge is 2.17. The van der Waals surface area contributed by atoms with Gasteiger partial charge in [-0.25, -0.2) is 0 Å². The van der Waals surface area contributed by atoms with Crippen molar-refractivity contribution in [2.75, 3.05) is 6.61 Å². The van der Waals surface area contributed by atoms with E-state index in [9.17, 15) is 9.59 Å². The van der Waals surface area contributed by atoms with Gasteiger partial charge in [0.2, 0.25) is 0 Å². The molecule has 1 heterocycles. The quantitative estimate of drug-likeness (QED) is 0.606. The van der Waals surface area contributed by atoms with Crippen LogP contribution in [-0.2, 0) is 4.79 Å². The van der Waals surface area contributed by atoms with E-state index in [1.807, 2.05) is 49.4 Å². The number of ether oxygens (including phenoxy) is 1. The Hall–Kier alpha value is -3.47.